The molecule has 0 bridgehead atoms. The summed E-state index contributed by atoms with van der Waals surface area (Å²) in [6.07, 6.45) is 9.86. The Morgan fingerprint density at radius 3 is 2.80 bits per heavy atom. The van der Waals surface area contributed by atoms with Crippen LogP contribution in [0.5, 0.6) is 0 Å². The Balaban J connectivity index is 1.85. The lowest BCUT2D eigenvalue weighted by Crippen LogP contribution is -2.33. The van der Waals surface area contributed by atoms with Crippen LogP contribution in [0, 0.1) is 0 Å². The highest BCUT2D eigenvalue weighted by molar-refractivity contribution is 5.49. The van der Waals surface area contributed by atoms with Crippen LogP contribution in [0.3, 0.4) is 0 Å². The molecule has 0 spiro atoms. The van der Waals surface area contributed by atoms with Crippen LogP contribution in [-0.2, 0) is 0 Å². The van der Waals surface area contributed by atoms with E-state index in [-0.39, 0.29) is 0 Å². The first kappa shape index (κ1) is 13.9. The minimum absolute atomic E-state index is 0.598. The SMILES string of the molecule is CCCN1CCC[C@@H]1c1cccnc1N1CCCCC1. The van der Waals surface area contributed by atoms with Crippen molar-refractivity contribution in [3.05, 3.63) is 23.9 Å². The summed E-state index contributed by atoms with van der Waals surface area (Å²) in [5.41, 5.74) is 1.47. The maximum atomic E-state index is 4.74. The smallest absolute Gasteiger partial charge is 0.133 e. The van der Waals surface area contributed by atoms with Crippen LogP contribution in [0.4, 0.5) is 5.82 Å². The predicted molar refractivity (Wildman–Crippen MR) is 84.1 cm³/mol. The van der Waals surface area contributed by atoms with Gasteiger partial charge in [-0.05, 0) is 57.7 Å². The monoisotopic (exact) mass is 273 g/mol. The molecule has 2 aliphatic heterocycles. The minimum atomic E-state index is 0.598. The molecular formula is C17H27N3. The number of nitrogens with zero attached hydrogens (tertiary/aromatic N) is 3. The number of likely N-dealkylation sites (tertiary alicyclic amines) is 1. The van der Waals surface area contributed by atoms with E-state index in [2.05, 4.69) is 28.9 Å². The molecule has 0 N–H and O–H groups in total. The van der Waals surface area contributed by atoms with Crippen LogP contribution in [-0.4, -0.2) is 36.1 Å². The summed E-state index contributed by atoms with van der Waals surface area (Å²) >= 11 is 0. The summed E-state index contributed by atoms with van der Waals surface area (Å²) in [6.45, 7) is 7.13. The quantitative estimate of drug-likeness (QED) is 0.835. The van der Waals surface area contributed by atoms with Crippen molar-refractivity contribution in [3.63, 3.8) is 0 Å². The molecular weight excluding hydrogens is 246 g/mol. The van der Waals surface area contributed by atoms with Crippen molar-refractivity contribution in [2.75, 3.05) is 31.1 Å². The van der Waals surface area contributed by atoms with Gasteiger partial charge in [0.15, 0.2) is 0 Å². The van der Waals surface area contributed by atoms with Gasteiger partial charge in [0.2, 0.25) is 0 Å². The standard InChI is InChI=1S/C17H27N3/c1-2-11-19-14-7-9-16(19)15-8-6-10-18-17(15)20-12-4-3-5-13-20/h6,8,10,16H,2-5,7,9,11-14H2,1H3/t16-/m1/s1. The molecule has 3 nitrogen and oxygen atoms in total. The van der Waals surface area contributed by atoms with E-state index in [1.165, 1.54) is 76.1 Å². The van der Waals surface area contributed by atoms with Gasteiger partial charge in [-0.15, -0.1) is 0 Å². The molecule has 0 saturated carbocycles. The molecule has 20 heavy (non-hydrogen) atoms. The normalized spacial score (nSPS) is 24.2. The Labute approximate surface area is 123 Å². The molecule has 3 rings (SSSR count). The van der Waals surface area contributed by atoms with Gasteiger partial charge >= 0.3 is 0 Å². The number of aromatic nitrogens is 1. The third-order valence-corrected chi connectivity index (χ3v) is 4.71. The summed E-state index contributed by atoms with van der Waals surface area (Å²) in [5, 5.41) is 0. The van der Waals surface area contributed by atoms with Crippen LogP contribution >= 0.6 is 0 Å². The van der Waals surface area contributed by atoms with Gasteiger partial charge in [0, 0.05) is 30.9 Å². The zero-order chi connectivity index (χ0) is 13.8. The Hall–Kier alpha value is -1.09. The first-order valence-electron chi connectivity index (χ1n) is 8.34. The van der Waals surface area contributed by atoms with Gasteiger partial charge in [-0.25, -0.2) is 4.98 Å². The van der Waals surface area contributed by atoms with Crippen molar-refractivity contribution >= 4 is 5.82 Å². The van der Waals surface area contributed by atoms with E-state index in [1.54, 1.807) is 0 Å². The number of hydrogen-bond donors (Lipinski definition) is 0. The maximum absolute atomic E-state index is 4.74. The lowest BCUT2D eigenvalue weighted by atomic mass is 10.0. The van der Waals surface area contributed by atoms with Gasteiger partial charge in [-0.2, -0.15) is 0 Å². The molecule has 3 heteroatoms. The fourth-order valence-corrected chi connectivity index (χ4v) is 3.77. The van der Waals surface area contributed by atoms with Gasteiger partial charge < -0.3 is 4.90 Å². The Kier molecular flexibility index (Phi) is 4.56. The van der Waals surface area contributed by atoms with Gasteiger partial charge in [0.25, 0.3) is 0 Å². The molecule has 3 heterocycles. The molecule has 2 aliphatic rings. The molecule has 0 aliphatic carbocycles. The first-order valence-corrected chi connectivity index (χ1v) is 8.34. The van der Waals surface area contributed by atoms with Crippen LogP contribution in [0.15, 0.2) is 18.3 Å². The third kappa shape index (κ3) is 2.83. The van der Waals surface area contributed by atoms with E-state index in [0.717, 1.165) is 0 Å². The van der Waals surface area contributed by atoms with E-state index >= 15 is 0 Å². The predicted octanol–water partition coefficient (Wildman–Crippen LogP) is 3.62. The summed E-state index contributed by atoms with van der Waals surface area (Å²) in [6, 6.07) is 5.03. The van der Waals surface area contributed by atoms with Crippen LogP contribution < -0.4 is 4.90 Å². The van der Waals surface area contributed by atoms with Crippen molar-refractivity contribution < 1.29 is 0 Å². The lowest BCUT2D eigenvalue weighted by Gasteiger charge is -2.32. The molecule has 0 aromatic carbocycles. The first-order chi connectivity index (χ1) is 9.90. The second-order valence-electron chi connectivity index (χ2n) is 6.16. The summed E-state index contributed by atoms with van der Waals surface area (Å²) in [7, 11) is 0. The number of rotatable bonds is 4. The molecule has 0 amide bonds. The average molecular weight is 273 g/mol. The Bertz CT molecular complexity index is 426. The van der Waals surface area contributed by atoms with Gasteiger partial charge in [0.1, 0.15) is 5.82 Å². The van der Waals surface area contributed by atoms with E-state index in [9.17, 15) is 0 Å². The van der Waals surface area contributed by atoms with Gasteiger partial charge in [-0.3, -0.25) is 4.90 Å². The van der Waals surface area contributed by atoms with Crippen LogP contribution in [0.1, 0.15) is 57.1 Å². The topological polar surface area (TPSA) is 19.4 Å². The highest BCUT2D eigenvalue weighted by Gasteiger charge is 2.29. The number of pyridine rings is 1. The summed E-state index contributed by atoms with van der Waals surface area (Å²) in [4.78, 5) is 9.91. The van der Waals surface area contributed by atoms with Crippen LogP contribution in [0.2, 0.25) is 0 Å². The molecule has 2 saturated heterocycles. The van der Waals surface area contributed by atoms with E-state index < -0.39 is 0 Å². The van der Waals surface area contributed by atoms with Gasteiger partial charge in [0.05, 0.1) is 0 Å². The van der Waals surface area contributed by atoms with Crippen molar-refractivity contribution in [3.8, 4) is 0 Å². The molecule has 1 aromatic rings. The molecule has 110 valence electrons. The fourth-order valence-electron chi connectivity index (χ4n) is 3.77. The highest BCUT2D eigenvalue weighted by atomic mass is 15.2. The second-order valence-corrected chi connectivity index (χ2v) is 6.16. The molecule has 0 unspecified atom stereocenters. The van der Waals surface area contributed by atoms with Crippen molar-refractivity contribution in [1.82, 2.24) is 9.88 Å². The van der Waals surface area contributed by atoms with Crippen molar-refractivity contribution in [1.29, 1.82) is 0 Å². The molecule has 2 fully saturated rings. The number of hydrogen-bond acceptors (Lipinski definition) is 3. The van der Waals surface area contributed by atoms with Crippen molar-refractivity contribution in [2.24, 2.45) is 0 Å². The zero-order valence-electron chi connectivity index (χ0n) is 12.7. The summed E-state index contributed by atoms with van der Waals surface area (Å²) < 4.78 is 0. The minimum Gasteiger partial charge on any atom is -0.356 e. The van der Waals surface area contributed by atoms with E-state index in [4.69, 9.17) is 4.98 Å². The molecule has 1 aromatic heterocycles. The van der Waals surface area contributed by atoms with Crippen molar-refractivity contribution in [2.45, 2.75) is 51.5 Å². The molecule has 1 atom stereocenters. The highest BCUT2D eigenvalue weighted by Crippen LogP contribution is 2.36. The average Bonchev–Trinajstić information content (AvgIpc) is 2.97. The summed E-state index contributed by atoms with van der Waals surface area (Å²) in [5.74, 6) is 1.26. The van der Waals surface area contributed by atoms with Gasteiger partial charge in [-0.1, -0.05) is 13.0 Å². The largest absolute Gasteiger partial charge is 0.356 e. The van der Waals surface area contributed by atoms with E-state index in [0.29, 0.717) is 6.04 Å². The number of piperidine rings is 1. The Morgan fingerprint density at radius 1 is 1.15 bits per heavy atom. The molecule has 0 radical (unpaired) electrons. The van der Waals surface area contributed by atoms with Crippen LogP contribution in [0.25, 0.3) is 0 Å². The third-order valence-electron chi connectivity index (χ3n) is 4.71. The second kappa shape index (κ2) is 6.57. The van der Waals surface area contributed by atoms with E-state index in [1.807, 2.05) is 6.20 Å². The maximum Gasteiger partial charge on any atom is 0.133 e. The Morgan fingerprint density at radius 2 is 2.00 bits per heavy atom. The lowest BCUT2D eigenvalue weighted by molar-refractivity contribution is 0.257. The fraction of sp³-hybridized carbons (Fsp3) is 0.706. The number of anilines is 1. The zero-order valence-corrected chi connectivity index (χ0v) is 12.7.